The van der Waals surface area contributed by atoms with Gasteiger partial charge in [0.25, 0.3) is 0 Å². The summed E-state index contributed by atoms with van der Waals surface area (Å²) in [5.41, 5.74) is -0.641. The molecule has 0 saturated heterocycles. The van der Waals surface area contributed by atoms with Gasteiger partial charge in [-0.05, 0) is 22.6 Å². The van der Waals surface area contributed by atoms with Crippen LogP contribution in [-0.4, -0.2) is 31.3 Å². The largest absolute Gasteiger partial charge is 0.481 e. The van der Waals surface area contributed by atoms with Crippen molar-refractivity contribution in [1.29, 1.82) is 0 Å². The molecule has 0 unspecified atom stereocenters. The Hall–Kier alpha value is -2.45. The predicted octanol–water partition coefficient (Wildman–Crippen LogP) is 1.83. The Balaban J connectivity index is 2.33. The molecule has 2 rings (SSSR count). The smallest absolute Gasteiger partial charge is 0.416 e. The zero-order chi connectivity index (χ0) is 14.8. The third-order valence-corrected chi connectivity index (χ3v) is 2.52. The number of hydrogen-bond acceptors (Lipinski definition) is 4. The van der Waals surface area contributed by atoms with Crippen LogP contribution in [0.1, 0.15) is 12.0 Å². The van der Waals surface area contributed by atoms with Crippen LogP contribution in [0.25, 0.3) is 11.4 Å². The summed E-state index contributed by atoms with van der Waals surface area (Å²) in [6.07, 6.45) is -4.69. The van der Waals surface area contributed by atoms with Gasteiger partial charge < -0.3 is 5.11 Å². The van der Waals surface area contributed by atoms with Crippen molar-refractivity contribution >= 4 is 5.97 Å². The minimum absolute atomic E-state index is 0.0199. The highest BCUT2D eigenvalue weighted by molar-refractivity contribution is 5.66. The molecule has 0 aliphatic carbocycles. The second kappa shape index (κ2) is 5.27. The Bertz CT molecular complexity index is 624. The number of alkyl halides is 3. The Labute approximate surface area is 110 Å². The average molecular weight is 286 g/mol. The third-order valence-electron chi connectivity index (χ3n) is 2.52. The van der Waals surface area contributed by atoms with Crippen molar-refractivity contribution in [2.75, 3.05) is 0 Å². The van der Waals surface area contributed by atoms with Crippen LogP contribution in [0.2, 0.25) is 0 Å². The molecular weight excluding hydrogens is 277 g/mol. The van der Waals surface area contributed by atoms with E-state index in [1.54, 1.807) is 0 Å². The van der Waals surface area contributed by atoms with Crippen LogP contribution >= 0.6 is 0 Å². The summed E-state index contributed by atoms with van der Waals surface area (Å²) in [5, 5.41) is 19.1. The molecule has 20 heavy (non-hydrogen) atoms. The van der Waals surface area contributed by atoms with Gasteiger partial charge in [0.15, 0.2) is 5.82 Å². The van der Waals surface area contributed by atoms with Gasteiger partial charge in [0.1, 0.15) is 0 Å². The monoisotopic (exact) mass is 286 g/mol. The number of aryl methyl sites for hydroxylation is 1. The lowest BCUT2D eigenvalue weighted by atomic mass is 10.1. The van der Waals surface area contributed by atoms with Gasteiger partial charge >= 0.3 is 12.1 Å². The number of aliphatic carboxylic acids is 1. The van der Waals surface area contributed by atoms with E-state index in [0.29, 0.717) is 0 Å². The molecule has 0 atom stereocenters. The number of benzene rings is 1. The first kappa shape index (κ1) is 14.0. The highest BCUT2D eigenvalue weighted by Gasteiger charge is 2.30. The minimum Gasteiger partial charge on any atom is -0.481 e. The van der Waals surface area contributed by atoms with Crippen molar-refractivity contribution < 1.29 is 23.1 Å². The molecule has 0 saturated carbocycles. The molecule has 0 bridgehead atoms. The second-order valence-corrected chi connectivity index (χ2v) is 3.95. The van der Waals surface area contributed by atoms with Crippen LogP contribution in [0.3, 0.4) is 0 Å². The molecule has 0 spiro atoms. The Morgan fingerprint density at radius 1 is 1.35 bits per heavy atom. The standard InChI is InChI=1S/C11H9F3N4O2/c12-11(13,14)8-3-1-2-7(6-8)10-15-16-17-18(10)5-4-9(19)20/h1-3,6H,4-5H2,(H,19,20). The molecule has 1 heterocycles. The predicted molar refractivity (Wildman–Crippen MR) is 60.5 cm³/mol. The van der Waals surface area contributed by atoms with E-state index < -0.39 is 17.7 Å². The Kier molecular flexibility index (Phi) is 3.68. The number of hydrogen-bond donors (Lipinski definition) is 1. The summed E-state index contributed by atoms with van der Waals surface area (Å²) in [5.74, 6) is -0.951. The maximum atomic E-state index is 12.6. The lowest BCUT2D eigenvalue weighted by molar-refractivity contribution is -0.138. The maximum Gasteiger partial charge on any atom is 0.416 e. The van der Waals surface area contributed by atoms with Gasteiger partial charge in [0.2, 0.25) is 0 Å². The van der Waals surface area contributed by atoms with Crippen molar-refractivity contribution in [2.45, 2.75) is 19.1 Å². The molecule has 0 amide bonds. The van der Waals surface area contributed by atoms with Crippen LogP contribution in [0.15, 0.2) is 24.3 Å². The number of halogens is 3. The van der Waals surface area contributed by atoms with Crippen molar-refractivity contribution in [3.05, 3.63) is 29.8 Å². The Morgan fingerprint density at radius 3 is 2.75 bits per heavy atom. The van der Waals surface area contributed by atoms with Gasteiger partial charge in [-0.3, -0.25) is 4.79 Å². The first-order chi connectivity index (χ1) is 9.38. The van der Waals surface area contributed by atoms with Crippen LogP contribution in [0, 0.1) is 0 Å². The molecule has 0 aliphatic heterocycles. The van der Waals surface area contributed by atoms with Gasteiger partial charge in [-0.15, -0.1) is 5.10 Å². The van der Waals surface area contributed by atoms with E-state index in [9.17, 15) is 18.0 Å². The van der Waals surface area contributed by atoms with E-state index in [4.69, 9.17) is 5.11 Å². The molecule has 0 fully saturated rings. The SMILES string of the molecule is O=C(O)CCn1nnnc1-c1cccc(C(F)(F)F)c1. The van der Waals surface area contributed by atoms with E-state index in [2.05, 4.69) is 15.5 Å². The lowest BCUT2D eigenvalue weighted by Gasteiger charge is -2.08. The first-order valence-electron chi connectivity index (χ1n) is 5.53. The van der Waals surface area contributed by atoms with Crippen LogP contribution in [0.5, 0.6) is 0 Å². The van der Waals surface area contributed by atoms with Crippen LogP contribution < -0.4 is 0 Å². The number of rotatable bonds is 4. The second-order valence-electron chi connectivity index (χ2n) is 3.95. The molecule has 1 aromatic carbocycles. The lowest BCUT2D eigenvalue weighted by Crippen LogP contribution is -2.09. The summed E-state index contributed by atoms with van der Waals surface area (Å²) >= 11 is 0. The number of carboxylic acids is 1. The Morgan fingerprint density at radius 2 is 2.10 bits per heavy atom. The molecule has 1 aromatic heterocycles. The van der Waals surface area contributed by atoms with Crippen LogP contribution in [0.4, 0.5) is 13.2 Å². The van der Waals surface area contributed by atoms with Gasteiger partial charge in [-0.25, -0.2) is 4.68 Å². The van der Waals surface area contributed by atoms with Crippen molar-refractivity contribution in [3.63, 3.8) is 0 Å². The minimum atomic E-state index is -4.46. The number of carbonyl (C=O) groups is 1. The number of aromatic nitrogens is 4. The summed E-state index contributed by atoms with van der Waals surface area (Å²) in [6, 6.07) is 4.53. The van der Waals surface area contributed by atoms with Gasteiger partial charge in [-0.1, -0.05) is 12.1 Å². The van der Waals surface area contributed by atoms with Gasteiger partial charge in [0, 0.05) is 5.56 Å². The normalized spacial score (nSPS) is 11.6. The molecule has 106 valence electrons. The van der Waals surface area contributed by atoms with Crippen molar-refractivity contribution in [3.8, 4) is 11.4 Å². The van der Waals surface area contributed by atoms with Crippen molar-refractivity contribution in [1.82, 2.24) is 20.2 Å². The molecule has 0 aliphatic rings. The summed E-state index contributed by atoms with van der Waals surface area (Å²) in [7, 11) is 0. The highest BCUT2D eigenvalue weighted by atomic mass is 19.4. The van der Waals surface area contributed by atoms with E-state index >= 15 is 0 Å². The van der Waals surface area contributed by atoms with E-state index in [0.717, 1.165) is 16.8 Å². The van der Waals surface area contributed by atoms with Gasteiger partial charge in [0.05, 0.1) is 18.5 Å². The fourth-order valence-corrected chi connectivity index (χ4v) is 1.60. The first-order valence-corrected chi connectivity index (χ1v) is 5.53. The number of nitrogens with zero attached hydrogens (tertiary/aromatic N) is 4. The summed E-state index contributed by atoms with van der Waals surface area (Å²) < 4.78 is 39.0. The maximum absolute atomic E-state index is 12.6. The van der Waals surface area contributed by atoms with E-state index in [1.165, 1.54) is 12.1 Å². The topological polar surface area (TPSA) is 80.9 Å². The fraction of sp³-hybridized carbons (Fsp3) is 0.273. The summed E-state index contributed by atoms with van der Waals surface area (Å²) in [6.45, 7) is -0.0199. The molecular formula is C11H9F3N4O2. The average Bonchev–Trinajstić information content (AvgIpc) is 2.83. The zero-order valence-corrected chi connectivity index (χ0v) is 10.0. The van der Waals surface area contributed by atoms with Crippen LogP contribution in [-0.2, 0) is 17.5 Å². The molecule has 2 aromatic rings. The van der Waals surface area contributed by atoms with E-state index in [-0.39, 0.29) is 24.4 Å². The van der Waals surface area contributed by atoms with Gasteiger partial charge in [-0.2, -0.15) is 13.2 Å². The van der Waals surface area contributed by atoms with Crippen molar-refractivity contribution in [2.24, 2.45) is 0 Å². The van der Waals surface area contributed by atoms with E-state index in [1.807, 2.05) is 0 Å². The molecule has 9 heteroatoms. The number of carboxylic acid groups (broad SMARTS) is 1. The fourth-order valence-electron chi connectivity index (χ4n) is 1.60. The molecule has 0 radical (unpaired) electrons. The zero-order valence-electron chi connectivity index (χ0n) is 10.0. The quantitative estimate of drug-likeness (QED) is 0.927. The number of tetrazole rings is 1. The molecule has 1 N–H and O–H groups in total. The highest BCUT2D eigenvalue weighted by Crippen LogP contribution is 2.31. The third kappa shape index (κ3) is 3.11. The summed E-state index contributed by atoms with van der Waals surface area (Å²) in [4.78, 5) is 10.5. The molecule has 6 nitrogen and oxygen atoms in total.